The first-order valence-electron chi connectivity index (χ1n) is 8.42. The van der Waals surface area contributed by atoms with Crippen LogP contribution in [0.25, 0.3) is 0 Å². The molecule has 1 amide bonds. The number of nitrogens with one attached hydrogen (secondary N) is 1. The van der Waals surface area contributed by atoms with Crippen molar-refractivity contribution in [2.45, 2.75) is 38.8 Å². The average Bonchev–Trinajstić information content (AvgIpc) is 2.61. The van der Waals surface area contributed by atoms with E-state index in [1.165, 1.54) is 0 Å². The van der Waals surface area contributed by atoms with Crippen LogP contribution in [0.5, 0.6) is 5.75 Å². The van der Waals surface area contributed by atoms with E-state index < -0.39 is 12.0 Å². The van der Waals surface area contributed by atoms with Gasteiger partial charge in [-0.05, 0) is 50.0 Å². The zero-order valence-electron chi connectivity index (χ0n) is 14.7. The SMILES string of the molecule is CCC(C(=O)O)N1CCC(C(=O)NCc2ccc(OC)cc2)CC1.Cl. The van der Waals surface area contributed by atoms with Gasteiger partial charge in [-0.25, -0.2) is 0 Å². The Bertz CT molecular complexity index is 557. The van der Waals surface area contributed by atoms with Gasteiger partial charge in [0, 0.05) is 12.5 Å². The minimum absolute atomic E-state index is 0. The van der Waals surface area contributed by atoms with Gasteiger partial charge in [0.25, 0.3) is 0 Å². The van der Waals surface area contributed by atoms with Gasteiger partial charge in [0.2, 0.25) is 5.91 Å². The fourth-order valence-electron chi connectivity index (χ4n) is 3.14. The molecule has 1 aliphatic heterocycles. The molecule has 0 radical (unpaired) electrons. The second kappa shape index (κ2) is 10.3. The maximum Gasteiger partial charge on any atom is 0.320 e. The van der Waals surface area contributed by atoms with Crippen LogP contribution in [0.4, 0.5) is 0 Å². The van der Waals surface area contributed by atoms with Crippen LogP contribution in [0.15, 0.2) is 24.3 Å². The van der Waals surface area contributed by atoms with Gasteiger partial charge < -0.3 is 15.2 Å². The number of aliphatic carboxylic acids is 1. The number of hydrogen-bond acceptors (Lipinski definition) is 4. The molecule has 1 saturated heterocycles. The number of benzene rings is 1. The van der Waals surface area contributed by atoms with Crippen molar-refractivity contribution in [2.75, 3.05) is 20.2 Å². The summed E-state index contributed by atoms with van der Waals surface area (Å²) in [6.07, 6.45) is 2.00. The van der Waals surface area contributed by atoms with Crippen LogP contribution >= 0.6 is 12.4 Å². The number of amides is 1. The third-order valence-corrected chi connectivity index (χ3v) is 4.64. The Kier molecular flexibility index (Phi) is 8.72. The Morgan fingerprint density at radius 1 is 1.28 bits per heavy atom. The van der Waals surface area contributed by atoms with Gasteiger partial charge in [-0.3, -0.25) is 14.5 Å². The number of nitrogens with zero attached hydrogens (tertiary/aromatic N) is 1. The average molecular weight is 371 g/mol. The third-order valence-electron chi connectivity index (χ3n) is 4.64. The number of ether oxygens (including phenoxy) is 1. The predicted molar refractivity (Wildman–Crippen MR) is 98.1 cm³/mol. The molecule has 1 aromatic carbocycles. The van der Waals surface area contributed by atoms with E-state index in [-0.39, 0.29) is 24.2 Å². The number of halogens is 1. The van der Waals surface area contributed by atoms with Crippen molar-refractivity contribution in [1.29, 1.82) is 0 Å². The maximum atomic E-state index is 12.3. The quantitative estimate of drug-likeness (QED) is 0.770. The van der Waals surface area contributed by atoms with Crippen molar-refractivity contribution in [1.82, 2.24) is 10.2 Å². The van der Waals surface area contributed by atoms with Crippen molar-refractivity contribution < 1.29 is 19.4 Å². The maximum absolute atomic E-state index is 12.3. The van der Waals surface area contributed by atoms with E-state index in [4.69, 9.17) is 4.74 Å². The van der Waals surface area contributed by atoms with Gasteiger partial charge in [-0.2, -0.15) is 0 Å². The first-order chi connectivity index (χ1) is 11.5. The molecule has 140 valence electrons. The van der Waals surface area contributed by atoms with Gasteiger partial charge in [-0.15, -0.1) is 12.4 Å². The van der Waals surface area contributed by atoms with Crippen molar-refractivity contribution in [3.63, 3.8) is 0 Å². The van der Waals surface area contributed by atoms with Crippen LogP contribution in [0.2, 0.25) is 0 Å². The molecule has 25 heavy (non-hydrogen) atoms. The fourth-order valence-corrected chi connectivity index (χ4v) is 3.14. The summed E-state index contributed by atoms with van der Waals surface area (Å²) >= 11 is 0. The highest BCUT2D eigenvalue weighted by Gasteiger charge is 2.30. The summed E-state index contributed by atoms with van der Waals surface area (Å²) in [6, 6.07) is 7.17. The first kappa shape index (κ1) is 21.3. The lowest BCUT2D eigenvalue weighted by molar-refractivity contribution is -0.144. The molecule has 0 bridgehead atoms. The summed E-state index contributed by atoms with van der Waals surface area (Å²) in [6.45, 7) is 3.69. The molecule has 2 rings (SSSR count). The molecule has 0 aliphatic carbocycles. The van der Waals surface area contributed by atoms with E-state index >= 15 is 0 Å². The zero-order chi connectivity index (χ0) is 17.5. The monoisotopic (exact) mass is 370 g/mol. The highest BCUT2D eigenvalue weighted by molar-refractivity contribution is 5.85. The molecule has 7 heteroatoms. The molecule has 1 aliphatic rings. The first-order valence-corrected chi connectivity index (χ1v) is 8.42. The fraction of sp³-hybridized carbons (Fsp3) is 0.556. The number of carbonyl (C=O) groups is 2. The Morgan fingerprint density at radius 2 is 1.88 bits per heavy atom. The van der Waals surface area contributed by atoms with E-state index in [2.05, 4.69) is 5.32 Å². The van der Waals surface area contributed by atoms with Crippen LogP contribution in [0, 0.1) is 5.92 Å². The molecular weight excluding hydrogens is 344 g/mol. The number of piperidine rings is 1. The molecule has 2 N–H and O–H groups in total. The van der Waals surface area contributed by atoms with E-state index in [1.807, 2.05) is 36.1 Å². The minimum Gasteiger partial charge on any atom is -0.497 e. The van der Waals surface area contributed by atoms with Crippen LogP contribution < -0.4 is 10.1 Å². The molecular formula is C18H27ClN2O4. The molecule has 1 aromatic rings. The summed E-state index contributed by atoms with van der Waals surface area (Å²) in [5.41, 5.74) is 1.03. The van der Waals surface area contributed by atoms with Crippen LogP contribution in [0.1, 0.15) is 31.7 Å². The van der Waals surface area contributed by atoms with Crippen molar-refractivity contribution >= 4 is 24.3 Å². The summed E-state index contributed by atoms with van der Waals surface area (Å²) in [5, 5.41) is 12.2. The van der Waals surface area contributed by atoms with Gasteiger partial charge in [-0.1, -0.05) is 19.1 Å². The molecule has 0 spiro atoms. The smallest absolute Gasteiger partial charge is 0.320 e. The van der Waals surface area contributed by atoms with E-state index in [1.54, 1.807) is 7.11 Å². The predicted octanol–water partition coefficient (Wildman–Crippen LogP) is 2.31. The van der Waals surface area contributed by atoms with Gasteiger partial charge in [0.1, 0.15) is 11.8 Å². The Morgan fingerprint density at radius 3 is 2.36 bits per heavy atom. The van der Waals surface area contributed by atoms with E-state index in [9.17, 15) is 14.7 Å². The Balaban J connectivity index is 0.00000312. The van der Waals surface area contributed by atoms with Crippen LogP contribution in [0.3, 0.4) is 0 Å². The summed E-state index contributed by atoms with van der Waals surface area (Å²) < 4.78 is 5.11. The van der Waals surface area contributed by atoms with Crippen LogP contribution in [-0.2, 0) is 16.1 Å². The van der Waals surface area contributed by atoms with Crippen molar-refractivity contribution in [3.8, 4) is 5.75 Å². The number of carbonyl (C=O) groups excluding carboxylic acids is 1. The molecule has 1 fully saturated rings. The topological polar surface area (TPSA) is 78.9 Å². The van der Waals surface area contributed by atoms with Gasteiger partial charge in [0.05, 0.1) is 7.11 Å². The number of likely N-dealkylation sites (tertiary alicyclic amines) is 1. The summed E-state index contributed by atoms with van der Waals surface area (Å²) in [7, 11) is 1.62. The molecule has 1 unspecified atom stereocenters. The Labute approximate surface area is 154 Å². The van der Waals surface area contributed by atoms with Gasteiger partial charge >= 0.3 is 5.97 Å². The number of hydrogen-bond donors (Lipinski definition) is 2. The lowest BCUT2D eigenvalue weighted by atomic mass is 9.94. The minimum atomic E-state index is -0.778. The number of carboxylic acids is 1. The standard InChI is InChI=1S/C18H26N2O4.ClH/c1-3-16(18(22)23)20-10-8-14(9-11-20)17(21)19-12-13-4-6-15(24-2)7-5-13;/h4-7,14,16H,3,8-12H2,1-2H3,(H,19,21)(H,22,23);1H. The zero-order valence-corrected chi connectivity index (χ0v) is 15.6. The van der Waals surface area contributed by atoms with Gasteiger partial charge in [0.15, 0.2) is 0 Å². The lowest BCUT2D eigenvalue weighted by Crippen LogP contribution is -2.47. The normalized spacial score (nSPS) is 16.6. The second-order valence-corrected chi connectivity index (χ2v) is 6.14. The van der Waals surface area contributed by atoms with Crippen molar-refractivity contribution in [2.24, 2.45) is 5.92 Å². The molecule has 0 aromatic heterocycles. The van der Waals surface area contributed by atoms with Crippen LogP contribution in [-0.4, -0.2) is 48.1 Å². The summed E-state index contributed by atoms with van der Waals surface area (Å²) in [5.74, 6) is 0.0286. The molecule has 0 saturated carbocycles. The number of rotatable bonds is 7. The second-order valence-electron chi connectivity index (χ2n) is 6.14. The number of methoxy groups -OCH3 is 1. The van der Waals surface area contributed by atoms with E-state index in [0.717, 1.165) is 11.3 Å². The van der Waals surface area contributed by atoms with Crippen molar-refractivity contribution in [3.05, 3.63) is 29.8 Å². The van der Waals surface area contributed by atoms with E-state index in [0.29, 0.717) is 38.9 Å². The largest absolute Gasteiger partial charge is 0.497 e. The molecule has 6 nitrogen and oxygen atoms in total. The third kappa shape index (κ3) is 5.90. The number of carboxylic acid groups (broad SMARTS) is 1. The lowest BCUT2D eigenvalue weighted by Gasteiger charge is -2.34. The molecule has 1 atom stereocenters. The Hall–Kier alpha value is -1.79. The highest BCUT2D eigenvalue weighted by atomic mass is 35.5. The summed E-state index contributed by atoms with van der Waals surface area (Å²) in [4.78, 5) is 25.5. The highest BCUT2D eigenvalue weighted by Crippen LogP contribution is 2.20. The molecule has 1 heterocycles.